The lowest BCUT2D eigenvalue weighted by molar-refractivity contribution is -0.145. The molecule has 0 radical (unpaired) electrons. The minimum atomic E-state index is -0.701. The lowest BCUT2D eigenvalue weighted by Crippen LogP contribution is -2.46. The van der Waals surface area contributed by atoms with E-state index in [-0.39, 0.29) is 11.3 Å². The van der Waals surface area contributed by atoms with Crippen molar-refractivity contribution in [1.29, 1.82) is 0 Å². The van der Waals surface area contributed by atoms with Crippen LogP contribution in [0.15, 0.2) is 28.1 Å². The smallest absolute Gasteiger partial charge is 0.307 e. The Morgan fingerprint density at radius 1 is 1.46 bits per heavy atom. The fraction of sp³-hybridized carbons (Fsp3) is 0.556. The number of thiophene rings is 1. The van der Waals surface area contributed by atoms with Gasteiger partial charge in [0.1, 0.15) is 0 Å². The molecule has 2 atom stereocenters. The van der Waals surface area contributed by atoms with Crippen molar-refractivity contribution in [2.45, 2.75) is 33.7 Å². The molecule has 0 amide bonds. The molecule has 24 heavy (non-hydrogen) atoms. The number of rotatable bonds is 4. The first kappa shape index (κ1) is 17.2. The third-order valence-electron chi connectivity index (χ3n) is 4.81. The minimum absolute atomic E-state index is 0.0956. The van der Waals surface area contributed by atoms with Gasteiger partial charge in [-0.3, -0.25) is 9.69 Å². The Kier molecular flexibility index (Phi) is 4.78. The van der Waals surface area contributed by atoms with E-state index >= 15 is 0 Å². The zero-order valence-corrected chi connectivity index (χ0v) is 15.2. The maximum absolute atomic E-state index is 11.5. The summed E-state index contributed by atoms with van der Waals surface area (Å²) in [6.45, 7) is 8.66. The maximum atomic E-state index is 11.5. The summed E-state index contributed by atoms with van der Waals surface area (Å²) in [4.78, 5) is 14.8. The molecule has 3 rings (SSSR count). The van der Waals surface area contributed by atoms with E-state index in [1.807, 2.05) is 23.6 Å². The number of aliphatic carboxylic acids is 1. The summed E-state index contributed by atoms with van der Waals surface area (Å²) in [7, 11) is 0. The molecular weight excluding hydrogens is 324 g/mol. The standard InChI is InChI=1S/C18H24N2O3S/c1-18(2,3)13-7-12(17(21)22)9-20(10-13)11-14-8-15(23-19-14)16-5-4-6-24-16/h4-6,8,12-13H,7,9-11H2,1-3H3,(H,21,22). The lowest BCUT2D eigenvalue weighted by Gasteiger charge is -2.41. The van der Waals surface area contributed by atoms with Crippen molar-refractivity contribution in [1.82, 2.24) is 10.1 Å². The second-order valence-electron chi connectivity index (χ2n) is 7.69. The molecule has 0 aromatic carbocycles. The van der Waals surface area contributed by atoms with E-state index in [1.165, 1.54) is 0 Å². The number of hydrogen-bond donors (Lipinski definition) is 1. The van der Waals surface area contributed by atoms with Crippen LogP contribution < -0.4 is 0 Å². The van der Waals surface area contributed by atoms with E-state index in [2.05, 4.69) is 30.8 Å². The fourth-order valence-corrected chi connectivity index (χ4v) is 3.95. The van der Waals surface area contributed by atoms with Crippen LogP contribution in [0.2, 0.25) is 0 Å². The van der Waals surface area contributed by atoms with Crippen LogP contribution in [0.25, 0.3) is 10.6 Å². The van der Waals surface area contributed by atoms with Crippen molar-refractivity contribution >= 4 is 17.3 Å². The number of nitrogens with zero attached hydrogens (tertiary/aromatic N) is 2. The summed E-state index contributed by atoms with van der Waals surface area (Å²) in [6, 6.07) is 5.95. The average molecular weight is 348 g/mol. The molecule has 0 bridgehead atoms. The number of aromatic nitrogens is 1. The summed E-state index contributed by atoms with van der Waals surface area (Å²) < 4.78 is 5.44. The van der Waals surface area contributed by atoms with Gasteiger partial charge in [0.25, 0.3) is 0 Å². The molecule has 0 spiro atoms. The topological polar surface area (TPSA) is 66.6 Å². The molecule has 130 valence electrons. The van der Waals surface area contributed by atoms with Gasteiger partial charge in [-0.1, -0.05) is 32.0 Å². The third kappa shape index (κ3) is 3.87. The number of likely N-dealkylation sites (tertiary alicyclic amines) is 1. The van der Waals surface area contributed by atoms with Crippen LogP contribution >= 0.6 is 11.3 Å². The van der Waals surface area contributed by atoms with Gasteiger partial charge in [0, 0.05) is 25.7 Å². The number of carboxylic acids is 1. The Hall–Kier alpha value is -1.66. The second kappa shape index (κ2) is 6.69. The van der Waals surface area contributed by atoms with Gasteiger partial charge in [0.2, 0.25) is 0 Å². The monoisotopic (exact) mass is 348 g/mol. The minimum Gasteiger partial charge on any atom is -0.481 e. The quantitative estimate of drug-likeness (QED) is 0.905. The van der Waals surface area contributed by atoms with Crippen molar-refractivity contribution in [2.75, 3.05) is 13.1 Å². The normalized spacial score (nSPS) is 22.6. The van der Waals surface area contributed by atoms with Crippen molar-refractivity contribution in [3.8, 4) is 10.6 Å². The van der Waals surface area contributed by atoms with E-state index in [0.717, 1.165) is 29.3 Å². The molecule has 0 aliphatic carbocycles. The molecule has 6 heteroatoms. The predicted molar refractivity (Wildman–Crippen MR) is 93.8 cm³/mol. The molecule has 2 aromatic heterocycles. The first-order valence-electron chi connectivity index (χ1n) is 8.27. The SMILES string of the molecule is CC(C)(C)C1CC(C(=O)O)CN(Cc2cc(-c3cccs3)on2)C1. The molecule has 1 N–H and O–H groups in total. The Bertz CT molecular complexity index is 687. The number of hydrogen-bond acceptors (Lipinski definition) is 5. The van der Waals surface area contributed by atoms with Gasteiger partial charge in [0.15, 0.2) is 5.76 Å². The predicted octanol–water partition coefficient (Wildman–Crippen LogP) is 3.97. The number of carbonyl (C=O) groups is 1. The van der Waals surface area contributed by atoms with Crippen LogP contribution in [-0.2, 0) is 11.3 Å². The van der Waals surface area contributed by atoms with Crippen molar-refractivity contribution in [3.63, 3.8) is 0 Å². The van der Waals surface area contributed by atoms with Gasteiger partial charge in [-0.15, -0.1) is 11.3 Å². The van der Waals surface area contributed by atoms with Crippen molar-refractivity contribution in [2.24, 2.45) is 17.3 Å². The molecular formula is C18H24N2O3S. The highest BCUT2D eigenvalue weighted by atomic mass is 32.1. The van der Waals surface area contributed by atoms with Crippen LogP contribution in [0, 0.1) is 17.3 Å². The summed E-state index contributed by atoms with van der Waals surface area (Å²) in [5.41, 5.74) is 0.954. The highest BCUT2D eigenvalue weighted by molar-refractivity contribution is 7.13. The zero-order valence-electron chi connectivity index (χ0n) is 14.4. The Morgan fingerprint density at radius 2 is 2.25 bits per heavy atom. The second-order valence-corrected chi connectivity index (χ2v) is 8.64. The van der Waals surface area contributed by atoms with E-state index in [9.17, 15) is 9.90 Å². The Morgan fingerprint density at radius 3 is 2.88 bits per heavy atom. The molecule has 1 aliphatic heterocycles. The number of piperidine rings is 1. The molecule has 5 nitrogen and oxygen atoms in total. The van der Waals surface area contributed by atoms with Crippen molar-refractivity contribution < 1.29 is 14.4 Å². The highest BCUT2D eigenvalue weighted by Gasteiger charge is 2.37. The molecule has 2 unspecified atom stereocenters. The fourth-order valence-electron chi connectivity index (χ4n) is 3.28. The van der Waals surface area contributed by atoms with E-state index in [1.54, 1.807) is 11.3 Å². The van der Waals surface area contributed by atoms with Crippen LogP contribution in [0.5, 0.6) is 0 Å². The molecule has 1 aliphatic rings. The van der Waals surface area contributed by atoms with Crippen LogP contribution in [0.3, 0.4) is 0 Å². The van der Waals surface area contributed by atoms with Crippen LogP contribution in [-0.4, -0.2) is 34.2 Å². The third-order valence-corrected chi connectivity index (χ3v) is 5.69. The van der Waals surface area contributed by atoms with Gasteiger partial charge in [-0.05, 0) is 29.2 Å². The van der Waals surface area contributed by atoms with Gasteiger partial charge in [-0.25, -0.2) is 0 Å². The Labute approximate surface area is 146 Å². The van der Waals surface area contributed by atoms with Crippen molar-refractivity contribution in [3.05, 3.63) is 29.3 Å². The molecule has 2 aromatic rings. The summed E-state index contributed by atoms with van der Waals surface area (Å²) >= 11 is 1.62. The summed E-state index contributed by atoms with van der Waals surface area (Å²) in [6.07, 6.45) is 0.745. The first-order chi connectivity index (χ1) is 11.3. The van der Waals surface area contributed by atoms with Gasteiger partial charge in [-0.2, -0.15) is 0 Å². The molecule has 3 heterocycles. The summed E-state index contributed by atoms with van der Waals surface area (Å²) in [5, 5.41) is 15.6. The van der Waals surface area contributed by atoms with Crippen LogP contribution in [0.4, 0.5) is 0 Å². The van der Waals surface area contributed by atoms with Gasteiger partial charge >= 0.3 is 5.97 Å². The average Bonchev–Trinajstić information content (AvgIpc) is 3.16. The van der Waals surface area contributed by atoms with Gasteiger partial charge < -0.3 is 9.63 Å². The zero-order chi connectivity index (χ0) is 17.3. The Balaban J connectivity index is 1.72. The first-order valence-corrected chi connectivity index (χ1v) is 9.15. The van der Waals surface area contributed by atoms with E-state index < -0.39 is 5.97 Å². The van der Waals surface area contributed by atoms with Crippen LogP contribution in [0.1, 0.15) is 32.9 Å². The maximum Gasteiger partial charge on any atom is 0.307 e. The largest absolute Gasteiger partial charge is 0.481 e. The highest BCUT2D eigenvalue weighted by Crippen LogP contribution is 2.36. The molecule has 1 fully saturated rings. The lowest BCUT2D eigenvalue weighted by atomic mass is 9.73. The van der Waals surface area contributed by atoms with E-state index in [0.29, 0.717) is 19.0 Å². The summed E-state index contributed by atoms with van der Waals surface area (Å²) in [5.74, 6) is 0.121. The van der Waals surface area contributed by atoms with Gasteiger partial charge in [0.05, 0.1) is 16.5 Å². The number of carboxylic acid groups (broad SMARTS) is 1. The molecule has 0 saturated carbocycles. The molecule has 1 saturated heterocycles. The van der Waals surface area contributed by atoms with E-state index in [4.69, 9.17) is 4.52 Å².